The lowest BCUT2D eigenvalue weighted by molar-refractivity contribution is 1.19. The minimum Gasteiger partial charge on any atom is -0.265 e. The van der Waals surface area contributed by atoms with Crippen molar-refractivity contribution in [2.24, 2.45) is 0 Å². The minimum atomic E-state index is 0.980. The van der Waals surface area contributed by atoms with Gasteiger partial charge in [0.15, 0.2) is 0 Å². The van der Waals surface area contributed by atoms with E-state index in [-0.39, 0.29) is 0 Å². The van der Waals surface area contributed by atoms with Gasteiger partial charge in [0.1, 0.15) is 0 Å². The summed E-state index contributed by atoms with van der Waals surface area (Å²) in [4.78, 5) is 49.6. The van der Waals surface area contributed by atoms with Gasteiger partial charge in [-0.15, -0.1) is 0 Å². The van der Waals surface area contributed by atoms with Gasteiger partial charge in [-0.05, 0) is 201 Å². The van der Waals surface area contributed by atoms with Crippen LogP contribution in [0, 0.1) is 48.5 Å². The number of rotatable bonds is 7. The Hall–Kier alpha value is -11.8. The molecule has 12 heteroatoms. The molecule has 0 amide bonds. The van der Waals surface area contributed by atoms with Crippen LogP contribution in [-0.2, 0) is 0 Å². The Bertz CT molecular complexity index is 3560. The largest absolute Gasteiger partial charge is 0.265 e. The van der Waals surface area contributed by atoms with Crippen LogP contribution in [0.3, 0.4) is 0 Å². The zero-order chi connectivity index (χ0) is 63.7. The van der Waals surface area contributed by atoms with Gasteiger partial charge in [-0.2, -0.15) is 0 Å². The highest BCUT2D eigenvalue weighted by Crippen LogP contribution is 2.26. The van der Waals surface area contributed by atoms with E-state index in [0.717, 1.165) is 61.9 Å². The van der Waals surface area contributed by atoms with Gasteiger partial charge in [0.25, 0.3) is 0 Å². The molecule has 0 aliphatic carbocycles. The fourth-order valence-electron chi connectivity index (χ4n) is 9.34. The molecule has 0 spiro atoms. The molecule has 12 aromatic heterocycles. The van der Waals surface area contributed by atoms with E-state index < -0.39 is 0 Å². The molecule has 14 aromatic rings. The molecule has 0 saturated heterocycles. The van der Waals surface area contributed by atoms with E-state index in [9.17, 15) is 0 Å². The van der Waals surface area contributed by atoms with Crippen molar-refractivity contribution in [1.82, 2.24) is 59.8 Å². The fraction of sp³-hybridized carbons (Fsp3) is 0.0886. The van der Waals surface area contributed by atoms with Crippen LogP contribution in [0.5, 0.6) is 0 Å². The molecule has 0 N–H and O–H groups in total. The maximum Gasteiger partial charge on any atom is 0.0720 e. The first-order valence-corrected chi connectivity index (χ1v) is 29.7. The van der Waals surface area contributed by atoms with Crippen molar-refractivity contribution in [3.8, 4) is 78.1 Å². The number of benzene rings is 2. The molecule has 12 nitrogen and oxygen atoms in total. The van der Waals surface area contributed by atoms with Crippen LogP contribution < -0.4 is 0 Å². The van der Waals surface area contributed by atoms with Crippen LogP contribution in [0.15, 0.2) is 312 Å². The monoisotopic (exact) mass is 1190 g/mol. The normalized spacial score (nSPS) is 9.92. The van der Waals surface area contributed by atoms with Crippen LogP contribution in [-0.4, -0.2) is 59.8 Å². The van der Waals surface area contributed by atoms with Crippen molar-refractivity contribution in [1.29, 1.82) is 0 Å². The van der Waals surface area contributed by atoms with Crippen molar-refractivity contribution < 1.29 is 0 Å². The molecule has 0 aliphatic rings. The average Bonchev–Trinajstić information content (AvgIpc) is 3.44. The summed E-state index contributed by atoms with van der Waals surface area (Å²) in [7, 11) is 0. The topological polar surface area (TPSA) is 155 Å². The predicted octanol–water partition coefficient (Wildman–Crippen LogP) is 18.4. The Labute approximate surface area is 534 Å². The van der Waals surface area contributed by atoms with Gasteiger partial charge >= 0.3 is 0 Å². The second kappa shape index (κ2) is 35.8. The number of pyridine rings is 12. The summed E-state index contributed by atoms with van der Waals surface area (Å²) in [6.07, 6.45) is 34.6. The third-order valence-corrected chi connectivity index (χ3v) is 14.1. The molecule has 0 aliphatic heterocycles. The second-order valence-electron chi connectivity index (χ2n) is 20.6. The number of nitrogens with zero attached hydrogens (tertiary/aromatic N) is 12. The smallest absolute Gasteiger partial charge is 0.0720 e. The minimum absolute atomic E-state index is 0.980. The van der Waals surface area contributed by atoms with E-state index in [1.54, 1.807) is 62.0 Å². The lowest BCUT2D eigenvalue weighted by atomic mass is 10.0. The Morgan fingerprint density at radius 3 is 0.857 bits per heavy atom. The van der Waals surface area contributed by atoms with Crippen molar-refractivity contribution in [3.05, 3.63) is 351 Å². The summed E-state index contributed by atoms with van der Waals surface area (Å²) >= 11 is 0. The molecule has 91 heavy (non-hydrogen) atoms. The van der Waals surface area contributed by atoms with E-state index >= 15 is 0 Å². The molecule has 12 heterocycles. The Morgan fingerprint density at radius 2 is 0.473 bits per heavy atom. The Balaban J connectivity index is 0.000000137. The highest BCUT2D eigenvalue weighted by Gasteiger charge is 2.05. The van der Waals surface area contributed by atoms with Gasteiger partial charge in [-0.3, -0.25) is 59.8 Å². The third-order valence-electron chi connectivity index (χ3n) is 14.1. The van der Waals surface area contributed by atoms with E-state index in [1.165, 1.54) is 55.6 Å². The first-order valence-electron chi connectivity index (χ1n) is 29.7. The molecule has 0 unspecified atom stereocenters. The van der Waals surface area contributed by atoms with Gasteiger partial charge in [0, 0.05) is 168 Å². The molecule has 0 saturated carbocycles. The zero-order valence-electron chi connectivity index (χ0n) is 52.3. The van der Waals surface area contributed by atoms with Crippen molar-refractivity contribution in [2.75, 3.05) is 0 Å². The maximum atomic E-state index is 4.28. The van der Waals surface area contributed by atoms with Gasteiger partial charge in [-0.1, -0.05) is 97.1 Å². The summed E-state index contributed by atoms with van der Waals surface area (Å²) in [5.41, 5.74) is 24.1. The van der Waals surface area contributed by atoms with Crippen molar-refractivity contribution >= 4 is 0 Å². The first-order chi connectivity index (χ1) is 44.6. The lowest BCUT2D eigenvalue weighted by Crippen LogP contribution is -1.87. The summed E-state index contributed by atoms with van der Waals surface area (Å²) < 4.78 is 0. The first kappa shape index (κ1) is 65.2. The molecular weight excluding hydrogens is 1120 g/mol. The summed E-state index contributed by atoms with van der Waals surface area (Å²) in [6.45, 7) is 14.2. The highest BCUT2D eigenvalue weighted by molar-refractivity contribution is 5.69. The average molecular weight is 1190 g/mol. The second-order valence-corrected chi connectivity index (χ2v) is 20.6. The van der Waals surface area contributed by atoms with Crippen LogP contribution in [0.2, 0.25) is 0 Å². The molecule has 14 rings (SSSR count). The molecule has 0 fully saturated rings. The summed E-state index contributed by atoms with van der Waals surface area (Å²) in [6, 6.07) is 64.5. The predicted molar refractivity (Wildman–Crippen MR) is 370 cm³/mol. The maximum absolute atomic E-state index is 4.28. The van der Waals surface area contributed by atoms with Gasteiger partial charge in [0.2, 0.25) is 0 Å². The molecule has 448 valence electrons. The standard InChI is InChI=1S/2C12H11N.5C11H10N2/c1-10-12(8-5-9-13-10)11-6-3-2-4-7-11;1-10-9-13-8-7-12(10)11-5-3-2-4-6-11;1-9-8-13-7-4-11(9)10-2-5-12-6-3-10;1-9-11(5-3-7-13-9)10-4-2-6-12-8-10;1-9-10(5-4-8-12-9)11-6-2-3-7-13-11;1-9-7-13-6-4-11(9)10-3-2-5-12-8-10;1-9-8-12-7-5-10(9)11-4-2-3-6-13-11/h2*2-9H,1H3;5*2-8H,1H3. The van der Waals surface area contributed by atoms with Crippen LogP contribution in [0.4, 0.5) is 0 Å². The quantitative estimate of drug-likeness (QED) is 0.149. The van der Waals surface area contributed by atoms with E-state index in [2.05, 4.69) is 135 Å². The fourth-order valence-corrected chi connectivity index (χ4v) is 9.34. The lowest BCUT2D eigenvalue weighted by Gasteiger charge is -2.03. The summed E-state index contributed by atoms with van der Waals surface area (Å²) in [5.74, 6) is 0. The number of aryl methyl sites for hydroxylation is 7. The van der Waals surface area contributed by atoms with Crippen molar-refractivity contribution in [3.63, 3.8) is 0 Å². The summed E-state index contributed by atoms with van der Waals surface area (Å²) in [5, 5.41) is 0. The Morgan fingerprint density at radius 1 is 0.176 bits per heavy atom. The van der Waals surface area contributed by atoms with Gasteiger partial charge < -0.3 is 0 Å². The molecular formula is C79H72N12. The molecule has 0 atom stereocenters. The van der Waals surface area contributed by atoms with Gasteiger partial charge in [0.05, 0.1) is 11.4 Å². The molecule has 0 radical (unpaired) electrons. The molecule has 2 aromatic carbocycles. The SMILES string of the molecule is Cc1cnccc1-c1ccccc1.Cc1cnccc1-c1ccccn1.Cc1cnccc1-c1cccnc1.Cc1cnccc1-c1ccncc1.Cc1ncccc1-c1ccccc1.Cc1ncccc1-c1ccccn1.Cc1ncccc1-c1cccnc1. The van der Waals surface area contributed by atoms with Gasteiger partial charge in [-0.25, -0.2) is 0 Å². The van der Waals surface area contributed by atoms with E-state index in [1.807, 2.05) is 223 Å². The number of aromatic nitrogens is 12. The zero-order valence-corrected chi connectivity index (χ0v) is 52.3. The van der Waals surface area contributed by atoms with Crippen LogP contribution >= 0.6 is 0 Å². The highest BCUT2D eigenvalue weighted by atomic mass is 14.7. The molecule has 0 bridgehead atoms. The number of hydrogen-bond acceptors (Lipinski definition) is 12. The van der Waals surface area contributed by atoms with Crippen LogP contribution in [0.1, 0.15) is 39.3 Å². The van der Waals surface area contributed by atoms with Crippen molar-refractivity contribution in [2.45, 2.75) is 48.5 Å². The van der Waals surface area contributed by atoms with Crippen LogP contribution in [0.25, 0.3) is 78.1 Å². The van der Waals surface area contributed by atoms with E-state index in [4.69, 9.17) is 0 Å². The third kappa shape index (κ3) is 20.4. The number of hydrogen-bond donors (Lipinski definition) is 0. The van der Waals surface area contributed by atoms with E-state index in [0.29, 0.717) is 0 Å². The Kier molecular flexibility index (Phi) is 25.6.